The first-order valence-electron chi connectivity index (χ1n) is 10.1. The number of likely N-dealkylation sites (tertiary alicyclic amines) is 1. The van der Waals surface area contributed by atoms with E-state index in [2.05, 4.69) is 23.1 Å². The Morgan fingerprint density at radius 2 is 2.18 bits per heavy atom. The first-order valence-corrected chi connectivity index (χ1v) is 10.1. The molecule has 146 valence electrons. The van der Waals surface area contributed by atoms with E-state index in [-0.39, 0.29) is 5.54 Å². The van der Waals surface area contributed by atoms with Crippen LogP contribution in [0.1, 0.15) is 30.6 Å². The summed E-state index contributed by atoms with van der Waals surface area (Å²) in [4.78, 5) is 18.1. The van der Waals surface area contributed by atoms with E-state index in [1.807, 2.05) is 35.2 Å². The van der Waals surface area contributed by atoms with Crippen LogP contribution >= 0.6 is 0 Å². The van der Waals surface area contributed by atoms with Crippen molar-refractivity contribution in [1.82, 2.24) is 9.80 Å². The lowest BCUT2D eigenvalue weighted by Crippen LogP contribution is -2.50. The van der Waals surface area contributed by atoms with E-state index in [0.29, 0.717) is 24.4 Å². The molecule has 0 radical (unpaired) electrons. The van der Waals surface area contributed by atoms with Crippen LogP contribution in [0.3, 0.4) is 0 Å². The van der Waals surface area contributed by atoms with Crippen molar-refractivity contribution < 1.29 is 13.9 Å². The number of para-hydroxylation sites is 1. The zero-order valence-corrected chi connectivity index (χ0v) is 16.2. The van der Waals surface area contributed by atoms with Crippen LogP contribution in [0.15, 0.2) is 53.2 Å². The van der Waals surface area contributed by atoms with Gasteiger partial charge in [-0.25, -0.2) is 0 Å². The van der Waals surface area contributed by atoms with Gasteiger partial charge in [-0.15, -0.1) is 0 Å². The Balaban J connectivity index is 1.37. The zero-order chi connectivity index (χ0) is 19.1. The van der Waals surface area contributed by atoms with Crippen molar-refractivity contribution in [2.24, 2.45) is 5.92 Å². The van der Waals surface area contributed by atoms with Crippen molar-refractivity contribution in [1.29, 1.82) is 0 Å². The average Bonchev–Trinajstić information content (AvgIpc) is 3.47. The molecule has 3 aliphatic rings. The highest BCUT2D eigenvalue weighted by Gasteiger charge is 2.64. The molecular weight excluding hydrogens is 352 g/mol. The van der Waals surface area contributed by atoms with Gasteiger partial charge < -0.3 is 14.1 Å². The van der Waals surface area contributed by atoms with Gasteiger partial charge in [0.15, 0.2) is 0 Å². The van der Waals surface area contributed by atoms with Crippen molar-refractivity contribution in [3.05, 3.63) is 60.1 Å². The van der Waals surface area contributed by atoms with E-state index in [0.717, 1.165) is 49.4 Å². The van der Waals surface area contributed by atoms with E-state index in [9.17, 15) is 4.79 Å². The standard InChI is InChI=1S/C23H26N2O3/c1-27-21-8-3-2-6-17(21)15-24-16-18-14-19(9-10-20-7-4-13-28-20)25-12-5-11-23(18,25)22(24)26/h2-4,6-10,13,18-19H,5,11-12,14-16H2,1H3/t18-,19+,23-/m0/s1. The monoisotopic (exact) mass is 378 g/mol. The predicted molar refractivity (Wildman–Crippen MR) is 107 cm³/mol. The molecule has 3 atom stereocenters. The molecule has 3 saturated heterocycles. The van der Waals surface area contributed by atoms with Crippen LogP contribution in [0.5, 0.6) is 5.75 Å². The number of hydrogen-bond acceptors (Lipinski definition) is 4. The van der Waals surface area contributed by atoms with Crippen molar-refractivity contribution >= 4 is 12.0 Å². The summed E-state index contributed by atoms with van der Waals surface area (Å²) in [5, 5.41) is 0. The van der Waals surface area contributed by atoms with Gasteiger partial charge in [0.1, 0.15) is 17.0 Å². The minimum atomic E-state index is -0.305. The normalized spacial score (nSPS) is 29.6. The third-order valence-corrected chi connectivity index (χ3v) is 6.75. The molecule has 1 spiro atoms. The van der Waals surface area contributed by atoms with Gasteiger partial charge in [-0.3, -0.25) is 9.69 Å². The number of carbonyl (C=O) groups is 1. The summed E-state index contributed by atoms with van der Waals surface area (Å²) >= 11 is 0. The first kappa shape index (κ1) is 17.6. The van der Waals surface area contributed by atoms with Gasteiger partial charge in [0.2, 0.25) is 5.91 Å². The molecule has 0 bridgehead atoms. The minimum absolute atomic E-state index is 0.301. The molecule has 1 amide bonds. The van der Waals surface area contributed by atoms with E-state index in [1.54, 1.807) is 13.4 Å². The van der Waals surface area contributed by atoms with Crippen molar-refractivity contribution in [2.45, 2.75) is 37.4 Å². The number of ether oxygens (including phenoxy) is 1. The Labute approximate surface area is 165 Å². The average molecular weight is 378 g/mol. The maximum absolute atomic E-state index is 13.6. The van der Waals surface area contributed by atoms with Crippen LogP contribution in [0.25, 0.3) is 6.08 Å². The summed E-state index contributed by atoms with van der Waals surface area (Å²) in [7, 11) is 1.69. The molecule has 0 N–H and O–H groups in total. The first-order chi connectivity index (χ1) is 13.7. The van der Waals surface area contributed by atoms with Gasteiger partial charge in [0.25, 0.3) is 0 Å². The van der Waals surface area contributed by atoms with Gasteiger partial charge in [-0.2, -0.15) is 0 Å². The fraction of sp³-hybridized carbons (Fsp3) is 0.435. The number of hydrogen-bond donors (Lipinski definition) is 0. The predicted octanol–water partition coefficient (Wildman–Crippen LogP) is 3.57. The molecule has 5 heteroatoms. The number of rotatable bonds is 5. The van der Waals surface area contributed by atoms with Gasteiger partial charge in [-0.1, -0.05) is 24.3 Å². The van der Waals surface area contributed by atoms with Crippen molar-refractivity contribution in [3.63, 3.8) is 0 Å². The maximum Gasteiger partial charge on any atom is 0.243 e. The summed E-state index contributed by atoms with van der Waals surface area (Å²) in [6.45, 7) is 2.46. The summed E-state index contributed by atoms with van der Waals surface area (Å²) in [6, 6.07) is 12.2. The minimum Gasteiger partial charge on any atom is -0.496 e. The molecule has 0 saturated carbocycles. The zero-order valence-electron chi connectivity index (χ0n) is 16.2. The van der Waals surface area contributed by atoms with Gasteiger partial charge in [0, 0.05) is 30.6 Å². The van der Waals surface area contributed by atoms with Crippen LogP contribution in [-0.2, 0) is 11.3 Å². The summed E-state index contributed by atoms with van der Waals surface area (Å²) in [5.74, 6) is 2.42. The molecule has 3 fully saturated rings. The number of amides is 1. The SMILES string of the molecule is COc1ccccc1CN1C[C@@H]2C[C@@H](C=Cc3ccco3)N3CCC[C@@]23C1=O. The van der Waals surface area contributed by atoms with Crippen LogP contribution < -0.4 is 4.74 Å². The van der Waals surface area contributed by atoms with Crippen LogP contribution in [0, 0.1) is 5.92 Å². The summed E-state index contributed by atoms with van der Waals surface area (Å²) in [6.07, 6.45) is 9.07. The molecule has 0 unspecified atom stereocenters. The highest BCUT2D eigenvalue weighted by atomic mass is 16.5. The number of furan rings is 1. The van der Waals surface area contributed by atoms with Crippen LogP contribution in [-0.4, -0.2) is 47.5 Å². The fourth-order valence-corrected chi connectivity index (χ4v) is 5.58. The molecule has 5 rings (SSSR count). The van der Waals surface area contributed by atoms with E-state index < -0.39 is 0 Å². The molecule has 0 aliphatic carbocycles. The number of benzene rings is 1. The van der Waals surface area contributed by atoms with Crippen molar-refractivity contribution in [3.8, 4) is 5.75 Å². The fourth-order valence-electron chi connectivity index (χ4n) is 5.58. The van der Waals surface area contributed by atoms with Gasteiger partial charge in [0.05, 0.1) is 13.4 Å². The lowest BCUT2D eigenvalue weighted by molar-refractivity contribution is -0.137. The third-order valence-electron chi connectivity index (χ3n) is 6.75. The Morgan fingerprint density at radius 1 is 1.29 bits per heavy atom. The lowest BCUT2D eigenvalue weighted by Gasteiger charge is -2.32. The Morgan fingerprint density at radius 3 is 3.00 bits per heavy atom. The van der Waals surface area contributed by atoms with Crippen molar-refractivity contribution in [2.75, 3.05) is 20.2 Å². The molecule has 3 aliphatic heterocycles. The highest BCUT2D eigenvalue weighted by molar-refractivity contribution is 5.90. The second-order valence-electron chi connectivity index (χ2n) is 8.09. The number of carbonyl (C=O) groups excluding carboxylic acids is 1. The smallest absolute Gasteiger partial charge is 0.243 e. The summed E-state index contributed by atoms with van der Waals surface area (Å²) < 4.78 is 10.9. The second-order valence-corrected chi connectivity index (χ2v) is 8.09. The van der Waals surface area contributed by atoms with Gasteiger partial charge in [-0.05, 0) is 50.1 Å². The lowest BCUT2D eigenvalue weighted by atomic mass is 9.85. The van der Waals surface area contributed by atoms with E-state index in [4.69, 9.17) is 9.15 Å². The topological polar surface area (TPSA) is 45.9 Å². The van der Waals surface area contributed by atoms with Gasteiger partial charge >= 0.3 is 0 Å². The molecule has 4 heterocycles. The Bertz CT molecular complexity index is 891. The quantitative estimate of drug-likeness (QED) is 0.798. The van der Waals surface area contributed by atoms with E-state index >= 15 is 0 Å². The number of methoxy groups -OCH3 is 1. The molecular formula is C23H26N2O3. The Hall–Kier alpha value is -2.53. The maximum atomic E-state index is 13.6. The largest absolute Gasteiger partial charge is 0.496 e. The van der Waals surface area contributed by atoms with Crippen LogP contribution in [0.4, 0.5) is 0 Å². The second kappa shape index (κ2) is 6.82. The van der Waals surface area contributed by atoms with Crippen LogP contribution in [0.2, 0.25) is 0 Å². The summed E-state index contributed by atoms with van der Waals surface area (Å²) in [5.41, 5.74) is 0.772. The molecule has 28 heavy (non-hydrogen) atoms. The highest BCUT2D eigenvalue weighted by Crippen LogP contribution is 2.52. The molecule has 2 aromatic rings. The molecule has 1 aromatic heterocycles. The number of nitrogens with zero attached hydrogens (tertiary/aromatic N) is 2. The molecule has 5 nitrogen and oxygen atoms in total. The third kappa shape index (κ3) is 2.60. The Kier molecular flexibility index (Phi) is 4.27. The molecule has 1 aromatic carbocycles. The van der Waals surface area contributed by atoms with E-state index in [1.165, 1.54) is 0 Å².